The first kappa shape index (κ1) is 20.3. The van der Waals surface area contributed by atoms with Crippen LogP contribution in [0.4, 0.5) is 10.3 Å². The van der Waals surface area contributed by atoms with Crippen molar-refractivity contribution < 1.29 is 8.91 Å². The van der Waals surface area contributed by atoms with E-state index in [0.717, 1.165) is 48.6 Å². The number of hydrogen-bond donors (Lipinski definition) is 1. The quantitative estimate of drug-likeness (QED) is 0.509. The second-order valence-electron chi connectivity index (χ2n) is 8.14. The van der Waals surface area contributed by atoms with Gasteiger partial charge >= 0.3 is 0 Å². The number of hydrogen-bond acceptors (Lipinski definition) is 7. The van der Waals surface area contributed by atoms with Gasteiger partial charge in [0, 0.05) is 43.0 Å². The van der Waals surface area contributed by atoms with Crippen LogP contribution < -0.4 is 5.73 Å². The number of anilines is 1. The molecular weight excluding hydrogens is 409 g/mol. The molecular formula is C23H24FN7O. The maximum absolute atomic E-state index is 13.5. The predicted octanol–water partition coefficient (Wildman–Crippen LogP) is 3.94. The first-order chi connectivity index (χ1) is 15.6. The second kappa shape index (κ2) is 8.51. The minimum Gasteiger partial charge on any atom is -0.368 e. The van der Waals surface area contributed by atoms with Crippen molar-refractivity contribution in [2.24, 2.45) is 0 Å². The van der Waals surface area contributed by atoms with Crippen LogP contribution in [0.3, 0.4) is 0 Å². The Labute approximate surface area is 184 Å². The van der Waals surface area contributed by atoms with E-state index in [9.17, 15) is 4.39 Å². The summed E-state index contributed by atoms with van der Waals surface area (Å²) in [6, 6.07) is 10.7. The van der Waals surface area contributed by atoms with E-state index in [1.54, 1.807) is 24.6 Å². The summed E-state index contributed by atoms with van der Waals surface area (Å²) in [7, 11) is 0. The Hall–Kier alpha value is -3.59. The van der Waals surface area contributed by atoms with E-state index in [1.165, 1.54) is 12.1 Å². The lowest BCUT2D eigenvalue weighted by atomic mass is 9.97. The number of nitrogen functional groups attached to an aromatic ring is 1. The van der Waals surface area contributed by atoms with Gasteiger partial charge < -0.3 is 14.8 Å². The molecule has 8 nitrogen and oxygen atoms in total. The Morgan fingerprint density at radius 1 is 1.16 bits per heavy atom. The zero-order chi connectivity index (χ0) is 22.1. The molecule has 4 aromatic rings. The van der Waals surface area contributed by atoms with Gasteiger partial charge in [-0.3, -0.25) is 4.90 Å². The van der Waals surface area contributed by atoms with Gasteiger partial charge in [0.2, 0.25) is 5.95 Å². The Bertz CT molecular complexity index is 1190. The summed E-state index contributed by atoms with van der Waals surface area (Å²) in [5.74, 6) is -0.0783. The van der Waals surface area contributed by atoms with Crippen LogP contribution >= 0.6 is 0 Å². The van der Waals surface area contributed by atoms with Crippen LogP contribution in [0.25, 0.3) is 22.6 Å². The molecule has 0 radical (unpaired) electrons. The lowest BCUT2D eigenvalue weighted by molar-refractivity contribution is 0.116. The Morgan fingerprint density at radius 2 is 2.00 bits per heavy atom. The number of nitrogens with two attached hydrogens (primary N) is 1. The highest BCUT2D eigenvalue weighted by Crippen LogP contribution is 2.36. The predicted molar refractivity (Wildman–Crippen MR) is 118 cm³/mol. The van der Waals surface area contributed by atoms with Gasteiger partial charge in [0.1, 0.15) is 12.1 Å². The first-order valence-electron chi connectivity index (χ1n) is 10.6. The SMILES string of the molecule is CC1CC(n2cnc(-c3ccc(F)cc3)c2-c2ccnc(N)n2)CCN1Cc1ccon1. The Balaban J connectivity index is 1.48. The van der Waals surface area contributed by atoms with Gasteiger partial charge in [-0.15, -0.1) is 0 Å². The van der Waals surface area contributed by atoms with Crippen LogP contribution in [0, 0.1) is 5.82 Å². The van der Waals surface area contributed by atoms with Crippen molar-refractivity contribution in [3.63, 3.8) is 0 Å². The number of aromatic nitrogens is 5. The molecule has 1 saturated heterocycles. The molecule has 0 bridgehead atoms. The third kappa shape index (κ3) is 3.99. The number of likely N-dealkylation sites (tertiary alicyclic amines) is 1. The first-order valence-corrected chi connectivity index (χ1v) is 10.6. The normalized spacial score (nSPS) is 19.3. The zero-order valence-corrected chi connectivity index (χ0v) is 17.7. The molecule has 5 rings (SSSR count). The summed E-state index contributed by atoms with van der Waals surface area (Å²) < 4.78 is 20.7. The Morgan fingerprint density at radius 3 is 2.72 bits per heavy atom. The maximum Gasteiger partial charge on any atom is 0.220 e. The smallest absolute Gasteiger partial charge is 0.220 e. The van der Waals surface area contributed by atoms with Gasteiger partial charge in [0.25, 0.3) is 0 Å². The molecule has 0 saturated carbocycles. The third-order valence-electron chi connectivity index (χ3n) is 6.06. The number of imidazole rings is 1. The van der Waals surface area contributed by atoms with Crippen molar-refractivity contribution in [2.75, 3.05) is 12.3 Å². The molecule has 4 heterocycles. The maximum atomic E-state index is 13.5. The highest BCUT2D eigenvalue weighted by atomic mass is 19.1. The molecule has 1 fully saturated rings. The topological polar surface area (TPSA) is 98.9 Å². The molecule has 32 heavy (non-hydrogen) atoms. The van der Waals surface area contributed by atoms with E-state index in [-0.39, 0.29) is 17.8 Å². The number of halogens is 1. The lowest BCUT2D eigenvalue weighted by Crippen LogP contribution is -2.40. The molecule has 9 heteroatoms. The highest BCUT2D eigenvalue weighted by molar-refractivity contribution is 5.77. The minimum atomic E-state index is -0.283. The number of rotatable bonds is 5. The van der Waals surface area contributed by atoms with E-state index in [2.05, 4.69) is 31.5 Å². The van der Waals surface area contributed by atoms with Crippen LogP contribution in [0.5, 0.6) is 0 Å². The average Bonchev–Trinajstić information content (AvgIpc) is 3.46. The fourth-order valence-electron chi connectivity index (χ4n) is 4.43. The average molecular weight is 433 g/mol. The molecule has 1 aliphatic heterocycles. The van der Waals surface area contributed by atoms with Gasteiger partial charge in [-0.1, -0.05) is 5.16 Å². The van der Waals surface area contributed by atoms with Gasteiger partial charge in [-0.2, -0.15) is 0 Å². The van der Waals surface area contributed by atoms with Crippen LogP contribution in [0.2, 0.25) is 0 Å². The monoisotopic (exact) mass is 433 g/mol. The molecule has 0 spiro atoms. The summed E-state index contributed by atoms with van der Waals surface area (Å²) in [4.78, 5) is 15.6. The van der Waals surface area contributed by atoms with Crippen molar-refractivity contribution in [3.05, 3.63) is 66.7 Å². The number of piperidine rings is 1. The summed E-state index contributed by atoms with van der Waals surface area (Å²) in [6.07, 6.45) is 7.01. The largest absolute Gasteiger partial charge is 0.368 e. The third-order valence-corrected chi connectivity index (χ3v) is 6.06. The molecule has 2 atom stereocenters. The van der Waals surface area contributed by atoms with Crippen molar-refractivity contribution in [3.8, 4) is 22.6 Å². The van der Waals surface area contributed by atoms with E-state index in [0.29, 0.717) is 11.7 Å². The molecule has 0 aliphatic carbocycles. The number of nitrogens with zero attached hydrogens (tertiary/aromatic N) is 6. The van der Waals surface area contributed by atoms with Gasteiger partial charge in [-0.25, -0.2) is 19.3 Å². The molecule has 0 amide bonds. The number of benzene rings is 1. The molecule has 2 N–H and O–H groups in total. The van der Waals surface area contributed by atoms with Crippen LogP contribution in [0.15, 0.2) is 59.7 Å². The van der Waals surface area contributed by atoms with E-state index < -0.39 is 0 Å². The summed E-state index contributed by atoms with van der Waals surface area (Å²) in [5.41, 5.74) is 9.97. The zero-order valence-electron chi connectivity index (χ0n) is 17.7. The van der Waals surface area contributed by atoms with E-state index in [4.69, 9.17) is 15.2 Å². The van der Waals surface area contributed by atoms with E-state index >= 15 is 0 Å². The fraction of sp³-hybridized carbons (Fsp3) is 0.304. The minimum absolute atomic E-state index is 0.205. The molecule has 1 aliphatic rings. The van der Waals surface area contributed by atoms with Crippen LogP contribution in [0.1, 0.15) is 31.5 Å². The standard InChI is InChI=1S/C23H24FN7O/c1-15-12-19(7-10-30(15)13-18-8-11-32-29-18)31-14-27-21(16-2-4-17(24)5-3-16)22(31)20-6-9-26-23(25)28-20/h2-6,8-9,11,14-15,19H,7,10,12-13H2,1H3,(H2,25,26,28). The van der Waals surface area contributed by atoms with Gasteiger partial charge in [0.15, 0.2) is 0 Å². The molecule has 1 aromatic carbocycles. The van der Waals surface area contributed by atoms with E-state index in [1.807, 2.05) is 18.5 Å². The molecule has 2 unspecified atom stereocenters. The van der Waals surface area contributed by atoms with Crippen molar-refractivity contribution in [1.29, 1.82) is 0 Å². The summed E-state index contributed by atoms with van der Waals surface area (Å²) >= 11 is 0. The van der Waals surface area contributed by atoms with Gasteiger partial charge in [-0.05, 0) is 50.1 Å². The van der Waals surface area contributed by atoms with Crippen molar-refractivity contribution in [1.82, 2.24) is 29.6 Å². The second-order valence-corrected chi connectivity index (χ2v) is 8.14. The van der Waals surface area contributed by atoms with Crippen molar-refractivity contribution >= 4 is 5.95 Å². The summed E-state index contributed by atoms with van der Waals surface area (Å²) in [5, 5.41) is 4.04. The van der Waals surface area contributed by atoms with Crippen molar-refractivity contribution in [2.45, 2.75) is 38.4 Å². The molecule has 164 valence electrons. The molecule has 3 aromatic heterocycles. The fourth-order valence-corrected chi connectivity index (χ4v) is 4.43. The van der Waals surface area contributed by atoms with Crippen LogP contribution in [-0.2, 0) is 6.54 Å². The highest BCUT2D eigenvalue weighted by Gasteiger charge is 2.30. The Kier molecular flexibility index (Phi) is 5.40. The lowest BCUT2D eigenvalue weighted by Gasteiger charge is -2.38. The van der Waals surface area contributed by atoms with Gasteiger partial charge in [0.05, 0.1) is 29.1 Å². The van der Waals surface area contributed by atoms with Crippen LogP contribution in [-0.4, -0.2) is 42.2 Å². The summed E-state index contributed by atoms with van der Waals surface area (Å²) in [6.45, 7) is 3.92.